The van der Waals surface area contributed by atoms with Gasteiger partial charge in [0.05, 0.1) is 6.04 Å². The van der Waals surface area contributed by atoms with E-state index in [2.05, 4.69) is 20.3 Å². The summed E-state index contributed by atoms with van der Waals surface area (Å²) in [7, 11) is 0. The van der Waals surface area contributed by atoms with Crippen molar-refractivity contribution >= 4 is 17.5 Å². The van der Waals surface area contributed by atoms with Crippen LogP contribution in [0.4, 0.5) is 19.1 Å². The Morgan fingerprint density at radius 2 is 1.71 bits per heavy atom. The van der Waals surface area contributed by atoms with Crippen molar-refractivity contribution in [1.82, 2.24) is 15.0 Å². The number of anilines is 1. The molecule has 21 heavy (non-hydrogen) atoms. The first kappa shape index (κ1) is 15.5. The van der Waals surface area contributed by atoms with Crippen LogP contribution in [0.15, 0.2) is 24.3 Å². The lowest BCUT2D eigenvalue weighted by molar-refractivity contribution is -0.145. The van der Waals surface area contributed by atoms with E-state index in [-0.39, 0.29) is 17.8 Å². The molecular weight excluding hydrogens is 305 g/mol. The molecule has 1 atom stereocenters. The molecule has 1 heterocycles. The van der Waals surface area contributed by atoms with Gasteiger partial charge in [-0.1, -0.05) is 23.7 Å². The van der Waals surface area contributed by atoms with Crippen molar-refractivity contribution in [2.24, 2.45) is 0 Å². The lowest BCUT2D eigenvalue weighted by atomic mass is 10.1. The maximum atomic E-state index is 12.7. The van der Waals surface area contributed by atoms with E-state index in [1.54, 1.807) is 31.2 Å². The molecule has 0 aliphatic heterocycles. The van der Waals surface area contributed by atoms with E-state index in [9.17, 15) is 13.2 Å². The number of halogens is 4. The van der Waals surface area contributed by atoms with Crippen LogP contribution in [0.3, 0.4) is 0 Å². The Balaban J connectivity index is 2.23. The van der Waals surface area contributed by atoms with Crippen molar-refractivity contribution in [1.29, 1.82) is 0 Å². The Morgan fingerprint density at radius 3 is 2.29 bits per heavy atom. The molecule has 0 radical (unpaired) electrons. The second-order valence-electron chi connectivity index (χ2n) is 4.45. The summed E-state index contributed by atoms with van der Waals surface area (Å²) in [4.78, 5) is 10.6. The van der Waals surface area contributed by atoms with Gasteiger partial charge in [-0.3, -0.25) is 0 Å². The van der Waals surface area contributed by atoms with Crippen LogP contribution < -0.4 is 5.32 Å². The highest BCUT2D eigenvalue weighted by Crippen LogP contribution is 2.27. The van der Waals surface area contributed by atoms with Gasteiger partial charge >= 0.3 is 6.18 Å². The predicted octanol–water partition coefficient (Wildman–Crippen LogP) is 4.03. The molecule has 2 aromatic rings. The van der Waals surface area contributed by atoms with E-state index >= 15 is 0 Å². The molecule has 1 N–H and O–H groups in total. The average molecular weight is 317 g/mol. The second kappa shape index (κ2) is 5.85. The molecule has 0 aliphatic carbocycles. The van der Waals surface area contributed by atoms with E-state index < -0.39 is 12.0 Å². The molecule has 0 saturated carbocycles. The monoisotopic (exact) mass is 316 g/mol. The maximum Gasteiger partial charge on any atom is 0.451 e. The molecular formula is C13H12ClF3N4. The highest BCUT2D eigenvalue weighted by molar-refractivity contribution is 6.30. The predicted molar refractivity (Wildman–Crippen MR) is 73.1 cm³/mol. The van der Waals surface area contributed by atoms with Crippen molar-refractivity contribution in [2.75, 3.05) is 5.32 Å². The largest absolute Gasteiger partial charge is 0.451 e. The molecule has 8 heteroatoms. The maximum absolute atomic E-state index is 12.7. The molecule has 1 aromatic carbocycles. The lowest BCUT2D eigenvalue weighted by Gasteiger charge is -2.15. The normalized spacial score (nSPS) is 13.0. The highest BCUT2D eigenvalue weighted by atomic mass is 35.5. The van der Waals surface area contributed by atoms with Gasteiger partial charge in [0, 0.05) is 5.02 Å². The third-order valence-electron chi connectivity index (χ3n) is 2.72. The Bertz CT molecular complexity index is 628. The van der Waals surface area contributed by atoms with Crippen LogP contribution in [0.1, 0.15) is 30.2 Å². The zero-order valence-electron chi connectivity index (χ0n) is 11.2. The molecule has 4 nitrogen and oxygen atoms in total. The van der Waals surface area contributed by atoms with Crippen LogP contribution in [0.25, 0.3) is 0 Å². The Hall–Kier alpha value is -1.89. The Kier molecular flexibility index (Phi) is 4.32. The summed E-state index contributed by atoms with van der Waals surface area (Å²) in [6, 6.07) is 6.69. The van der Waals surface area contributed by atoms with E-state index in [0.717, 1.165) is 5.56 Å². The van der Waals surface area contributed by atoms with Crippen LogP contribution in [-0.4, -0.2) is 15.0 Å². The smallest absolute Gasteiger partial charge is 0.348 e. The number of aromatic nitrogens is 3. The van der Waals surface area contributed by atoms with Crippen molar-refractivity contribution in [3.8, 4) is 0 Å². The van der Waals surface area contributed by atoms with Gasteiger partial charge in [0.25, 0.3) is 0 Å². The fourth-order valence-corrected chi connectivity index (χ4v) is 1.83. The topological polar surface area (TPSA) is 50.7 Å². The summed E-state index contributed by atoms with van der Waals surface area (Å²) in [5.41, 5.74) is 0.853. The fourth-order valence-electron chi connectivity index (χ4n) is 1.70. The summed E-state index contributed by atoms with van der Waals surface area (Å²) in [5, 5.41) is 3.41. The molecule has 0 spiro atoms. The van der Waals surface area contributed by atoms with Gasteiger partial charge < -0.3 is 5.32 Å². The van der Waals surface area contributed by atoms with E-state index in [4.69, 9.17) is 11.6 Å². The molecule has 0 fully saturated rings. The van der Waals surface area contributed by atoms with Gasteiger partial charge in [-0.05, 0) is 31.5 Å². The third-order valence-corrected chi connectivity index (χ3v) is 2.97. The number of nitrogens with zero attached hydrogens (tertiary/aromatic N) is 3. The molecule has 0 bridgehead atoms. The minimum atomic E-state index is -4.60. The van der Waals surface area contributed by atoms with E-state index in [1.165, 1.54) is 6.92 Å². The Labute approximate surface area is 124 Å². The Morgan fingerprint density at radius 1 is 1.10 bits per heavy atom. The molecule has 0 amide bonds. The summed E-state index contributed by atoms with van der Waals surface area (Å²) < 4.78 is 38.0. The number of hydrogen-bond donors (Lipinski definition) is 1. The standard InChI is InChI=1S/C13H12ClF3N4/c1-7(9-3-5-10(14)6-4-9)18-12-20-8(2)19-11(21-12)13(15,16)17/h3-7H,1-2H3,(H,18,19,20,21). The van der Waals surface area contributed by atoms with Gasteiger partial charge in [-0.15, -0.1) is 0 Å². The first-order valence-corrected chi connectivity index (χ1v) is 6.45. The zero-order chi connectivity index (χ0) is 15.6. The molecule has 0 saturated heterocycles. The number of benzene rings is 1. The van der Waals surface area contributed by atoms with Crippen LogP contribution in [-0.2, 0) is 6.18 Å². The van der Waals surface area contributed by atoms with Crippen molar-refractivity contribution in [3.05, 3.63) is 46.5 Å². The molecule has 1 unspecified atom stereocenters. The average Bonchev–Trinajstić information content (AvgIpc) is 2.37. The van der Waals surface area contributed by atoms with Crippen molar-refractivity contribution in [3.63, 3.8) is 0 Å². The zero-order valence-corrected chi connectivity index (χ0v) is 12.0. The number of nitrogens with one attached hydrogen (secondary N) is 1. The molecule has 112 valence electrons. The number of aryl methyl sites for hydroxylation is 1. The molecule has 1 aromatic heterocycles. The summed E-state index contributed by atoms with van der Waals surface area (Å²) in [6.07, 6.45) is -4.60. The van der Waals surface area contributed by atoms with Gasteiger partial charge in [0.15, 0.2) is 0 Å². The van der Waals surface area contributed by atoms with Crippen LogP contribution >= 0.6 is 11.6 Å². The minimum Gasteiger partial charge on any atom is -0.348 e. The number of rotatable bonds is 3. The van der Waals surface area contributed by atoms with Gasteiger partial charge in [0.1, 0.15) is 5.82 Å². The van der Waals surface area contributed by atoms with Crippen molar-refractivity contribution in [2.45, 2.75) is 26.1 Å². The SMILES string of the molecule is Cc1nc(NC(C)c2ccc(Cl)cc2)nc(C(F)(F)F)n1. The minimum absolute atomic E-state index is 0.00290. The third kappa shape index (κ3) is 4.04. The van der Waals surface area contributed by atoms with Gasteiger partial charge in [0.2, 0.25) is 11.8 Å². The van der Waals surface area contributed by atoms with E-state index in [1.807, 2.05) is 0 Å². The number of hydrogen-bond acceptors (Lipinski definition) is 4. The first-order valence-electron chi connectivity index (χ1n) is 6.07. The van der Waals surface area contributed by atoms with E-state index in [0.29, 0.717) is 5.02 Å². The quantitative estimate of drug-likeness (QED) is 0.929. The molecule has 2 rings (SSSR count). The highest BCUT2D eigenvalue weighted by Gasteiger charge is 2.35. The summed E-state index contributed by atoms with van der Waals surface area (Å²) in [5.74, 6) is -1.32. The number of alkyl halides is 3. The van der Waals surface area contributed by atoms with Gasteiger partial charge in [-0.25, -0.2) is 4.98 Å². The molecule has 0 aliphatic rings. The summed E-state index contributed by atoms with van der Waals surface area (Å²) in [6.45, 7) is 3.17. The van der Waals surface area contributed by atoms with Crippen LogP contribution in [0.5, 0.6) is 0 Å². The first-order chi connectivity index (χ1) is 9.75. The van der Waals surface area contributed by atoms with Crippen molar-refractivity contribution < 1.29 is 13.2 Å². The lowest BCUT2D eigenvalue weighted by Crippen LogP contribution is -2.17. The van der Waals surface area contributed by atoms with Crippen LogP contribution in [0.2, 0.25) is 5.02 Å². The van der Waals surface area contributed by atoms with Gasteiger partial charge in [-0.2, -0.15) is 23.1 Å². The second-order valence-corrected chi connectivity index (χ2v) is 4.88. The van der Waals surface area contributed by atoms with Crippen LogP contribution in [0, 0.1) is 6.92 Å². The fraction of sp³-hybridized carbons (Fsp3) is 0.308. The summed E-state index contributed by atoms with van der Waals surface area (Å²) >= 11 is 5.79.